The summed E-state index contributed by atoms with van der Waals surface area (Å²) in [4.78, 5) is 0. The molecule has 0 bridgehead atoms. The van der Waals surface area contributed by atoms with Gasteiger partial charge in [0.2, 0.25) is 0 Å². The van der Waals surface area contributed by atoms with E-state index in [1.807, 2.05) is 7.05 Å². The fourth-order valence-electron chi connectivity index (χ4n) is 0.493. The highest BCUT2D eigenvalue weighted by atomic mass is 14.8. The van der Waals surface area contributed by atoms with E-state index in [0.29, 0.717) is 0 Å². The number of rotatable bonds is 3. The molecule has 1 nitrogen and oxygen atoms in total. The first-order valence-electron chi connectivity index (χ1n) is 2.95. The average Bonchev–Trinajstić information content (AvgIpc) is 1.68. The molecule has 0 aromatic carbocycles. The van der Waals surface area contributed by atoms with Crippen molar-refractivity contribution in [2.45, 2.75) is 20.3 Å². The molecule has 46 valence electrons. The van der Waals surface area contributed by atoms with Crippen LogP contribution in [0, 0.1) is 5.92 Å². The van der Waals surface area contributed by atoms with Crippen molar-refractivity contribution in [1.29, 1.82) is 0 Å². The molecule has 0 aliphatic heterocycles. The second-order valence-electron chi connectivity index (χ2n) is 2.07. The van der Waals surface area contributed by atoms with Crippen LogP contribution in [0.15, 0.2) is 0 Å². The lowest BCUT2D eigenvalue weighted by molar-refractivity contribution is 0.528. The first-order chi connectivity index (χ1) is 3.31. The van der Waals surface area contributed by atoms with Crippen molar-refractivity contribution in [2.24, 2.45) is 5.92 Å². The third-order valence-corrected chi connectivity index (χ3v) is 1.25. The normalized spacial score (nSPS) is 14.1. The van der Waals surface area contributed by atoms with Gasteiger partial charge >= 0.3 is 0 Å². The Labute approximate surface area is 47.6 Å². The molecule has 0 heterocycles. The van der Waals surface area contributed by atoms with E-state index >= 15 is 0 Å². The van der Waals surface area contributed by atoms with Crippen LogP contribution in [0.4, 0.5) is 0 Å². The predicted octanol–water partition coefficient (Wildman–Crippen LogP) is 1.50. The zero-order valence-corrected chi connectivity index (χ0v) is 5.49. The number of hydrogen-bond donors (Lipinski definition) is 1. The largest absolute Gasteiger partial charge is 0.319 e. The molecular formula is C6H17N. The van der Waals surface area contributed by atoms with Crippen LogP contribution in [0.2, 0.25) is 0 Å². The summed E-state index contributed by atoms with van der Waals surface area (Å²) < 4.78 is 0. The van der Waals surface area contributed by atoms with Crippen molar-refractivity contribution in [3.63, 3.8) is 0 Å². The minimum absolute atomic E-state index is 0. The zero-order chi connectivity index (χ0) is 5.70. The zero-order valence-electron chi connectivity index (χ0n) is 5.49. The molecule has 0 aliphatic carbocycles. The van der Waals surface area contributed by atoms with Crippen LogP contribution < -0.4 is 5.32 Å². The summed E-state index contributed by atoms with van der Waals surface area (Å²) in [5, 5.41) is 3.12. The van der Waals surface area contributed by atoms with Gasteiger partial charge in [-0.05, 0) is 19.5 Å². The highest BCUT2D eigenvalue weighted by Gasteiger charge is 1.91. The quantitative estimate of drug-likeness (QED) is 0.570. The van der Waals surface area contributed by atoms with E-state index in [2.05, 4.69) is 19.2 Å². The molecule has 1 atom stereocenters. The summed E-state index contributed by atoms with van der Waals surface area (Å²) in [5.74, 6) is 0.838. The topological polar surface area (TPSA) is 12.0 Å². The van der Waals surface area contributed by atoms with Crippen LogP contribution in [0.1, 0.15) is 21.7 Å². The van der Waals surface area contributed by atoms with Crippen molar-refractivity contribution in [1.82, 2.24) is 5.32 Å². The summed E-state index contributed by atoms with van der Waals surface area (Å²) >= 11 is 0. The molecular weight excluding hydrogens is 86.1 g/mol. The Hall–Kier alpha value is -0.0400. The van der Waals surface area contributed by atoms with Gasteiger partial charge in [0.05, 0.1) is 0 Å². The minimum atomic E-state index is 0. The first-order valence-corrected chi connectivity index (χ1v) is 2.95. The predicted molar refractivity (Wildman–Crippen MR) is 35.5 cm³/mol. The van der Waals surface area contributed by atoms with E-state index in [1.54, 1.807) is 0 Å². The molecule has 0 amide bonds. The van der Waals surface area contributed by atoms with Crippen LogP contribution in [-0.2, 0) is 0 Å². The molecule has 1 N–H and O–H groups in total. The molecule has 0 saturated carbocycles. The summed E-state index contributed by atoms with van der Waals surface area (Å²) in [6, 6.07) is 0. The fraction of sp³-hybridized carbons (Fsp3) is 1.00. The Balaban J connectivity index is 0. The molecule has 1 heteroatoms. The van der Waals surface area contributed by atoms with Crippen molar-refractivity contribution in [3.8, 4) is 0 Å². The van der Waals surface area contributed by atoms with E-state index in [4.69, 9.17) is 0 Å². The monoisotopic (exact) mass is 103 g/mol. The Kier molecular flexibility index (Phi) is 4.10. The Bertz CT molecular complexity index is 39.5. The molecule has 0 rings (SSSR count). The molecule has 0 radical (unpaired) electrons. The summed E-state index contributed by atoms with van der Waals surface area (Å²) in [7, 11) is 1.99. The maximum atomic E-state index is 3.12. The Morgan fingerprint density at radius 1 is 1.71 bits per heavy atom. The smallest absolute Gasteiger partial charge is 0 e. The van der Waals surface area contributed by atoms with Crippen molar-refractivity contribution in [2.75, 3.05) is 13.6 Å². The van der Waals surface area contributed by atoms with Gasteiger partial charge in [-0.25, -0.2) is 0 Å². The second-order valence-corrected chi connectivity index (χ2v) is 2.07. The first kappa shape index (κ1) is 6.96. The maximum Gasteiger partial charge on any atom is 0 e. The third kappa shape index (κ3) is 3.80. The van der Waals surface area contributed by atoms with Gasteiger partial charge in [0.1, 0.15) is 0 Å². The van der Waals surface area contributed by atoms with E-state index in [-0.39, 0.29) is 1.43 Å². The van der Waals surface area contributed by atoms with Crippen LogP contribution >= 0.6 is 0 Å². The van der Waals surface area contributed by atoms with Gasteiger partial charge < -0.3 is 5.32 Å². The highest BCUT2D eigenvalue weighted by Crippen LogP contribution is 1.95. The summed E-state index contributed by atoms with van der Waals surface area (Å²) in [6.45, 7) is 5.61. The number of nitrogens with one attached hydrogen (secondary N) is 1. The van der Waals surface area contributed by atoms with E-state index in [0.717, 1.165) is 12.5 Å². The van der Waals surface area contributed by atoms with E-state index < -0.39 is 0 Å². The molecule has 0 spiro atoms. The standard InChI is InChI=1S/C6H15N.H2/c1-4-6(2)5-7-3;/h6-7H,4-5H2,1-3H3;1H/t6-;/m0./s1. The van der Waals surface area contributed by atoms with Gasteiger partial charge in [-0.3, -0.25) is 0 Å². The Morgan fingerprint density at radius 3 is 2.43 bits per heavy atom. The number of hydrogen-bond acceptors (Lipinski definition) is 1. The minimum Gasteiger partial charge on any atom is -0.319 e. The maximum absolute atomic E-state index is 3.12. The molecule has 0 unspecified atom stereocenters. The van der Waals surface area contributed by atoms with Gasteiger partial charge in [0.25, 0.3) is 0 Å². The molecule has 0 saturated heterocycles. The van der Waals surface area contributed by atoms with Gasteiger partial charge in [0, 0.05) is 1.43 Å². The van der Waals surface area contributed by atoms with Gasteiger partial charge in [-0.15, -0.1) is 0 Å². The van der Waals surface area contributed by atoms with Gasteiger partial charge in [-0.2, -0.15) is 0 Å². The highest BCUT2D eigenvalue weighted by molar-refractivity contribution is 4.49. The van der Waals surface area contributed by atoms with E-state index in [9.17, 15) is 0 Å². The lowest BCUT2D eigenvalue weighted by atomic mass is 10.1. The molecule has 0 aliphatic rings. The lowest BCUT2D eigenvalue weighted by Gasteiger charge is -2.04. The Morgan fingerprint density at radius 2 is 2.29 bits per heavy atom. The molecule has 0 aromatic rings. The fourth-order valence-corrected chi connectivity index (χ4v) is 0.493. The lowest BCUT2D eigenvalue weighted by Crippen LogP contribution is -2.14. The summed E-state index contributed by atoms with van der Waals surface area (Å²) in [6.07, 6.45) is 1.28. The van der Waals surface area contributed by atoms with Gasteiger partial charge in [0.15, 0.2) is 0 Å². The van der Waals surface area contributed by atoms with Gasteiger partial charge in [-0.1, -0.05) is 20.3 Å². The van der Waals surface area contributed by atoms with Crippen LogP contribution in [-0.4, -0.2) is 13.6 Å². The second kappa shape index (κ2) is 4.13. The van der Waals surface area contributed by atoms with Crippen LogP contribution in [0.5, 0.6) is 0 Å². The van der Waals surface area contributed by atoms with Crippen LogP contribution in [0.3, 0.4) is 0 Å². The van der Waals surface area contributed by atoms with E-state index in [1.165, 1.54) is 6.42 Å². The summed E-state index contributed by atoms with van der Waals surface area (Å²) in [5.41, 5.74) is 0. The molecule has 7 heavy (non-hydrogen) atoms. The molecule has 0 aromatic heterocycles. The third-order valence-electron chi connectivity index (χ3n) is 1.25. The SMILES string of the molecule is CC[C@H](C)CNC.[HH]. The molecule has 0 fully saturated rings. The van der Waals surface area contributed by atoms with Crippen molar-refractivity contribution < 1.29 is 1.43 Å². The van der Waals surface area contributed by atoms with Crippen molar-refractivity contribution >= 4 is 0 Å². The average molecular weight is 103 g/mol. The van der Waals surface area contributed by atoms with Crippen LogP contribution in [0.25, 0.3) is 0 Å². The van der Waals surface area contributed by atoms with Crippen molar-refractivity contribution in [3.05, 3.63) is 0 Å².